The van der Waals surface area contributed by atoms with Gasteiger partial charge in [-0.2, -0.15) is 5.26 Å². The monoisotopic (exact) mass is 396 g/mol. The number of piperazine rings is 1. The van der Waals surface area contributed by atoms with Crippen molar-refractivity contribution in [3.8, 4) is 11.8 Å². The third kappa shape index (κ3) is 7.04. The van der Waals surface area contributed by atoms with Gasteiger partial charge in [0.1, 0.15) is 11.6 Å². The summed E-state index contributed by atoms with van der Waals surface area (Å²) in [6.45, 7) is 7.31. The second-order valence-corrected chi connectivity index (χ2v) is 7.24. The van der Waals surface area contributed by atoms with Gasteiger partial charge in [0.2, 0.25) is 0 Å². The van der Waals surface area contributed by atoms with Crippen molar-refractivity contribution in [2.24, 2.45) is 0 Å². The lowest BCUT2D eigenvalue weighted by Gasteiger charge is -2.36. The number of nitriles is 1. The molecule has 29 heavy (non-hydrogen) atoms. The fraction of sp³-hybridized carbons (Fsp3) is 0.435. The maximum Gasteiger partial charge on any atom is 0.123 e. The average Bonchev–Trinajstić information content (AvgIpc) is 2.76. The average molecular weight is 397 g/mol. The van der Waals surface area contributed by atoms with Gasteiger partial charge in [-0.15, -0.1) is 0 Å². The summed E-state index contributed by atoms with van der Waals surface area (Å²) in [5.41, 5.74) is 2.29. The zero-order chi connectivity index (χ0) is 20.3. The molecular weight excluding hydrogens is 367 g/mol. The van der Waals surface area contributed by atoms with Crippen molar-refractivity contribution >= 4 is 5.69 Å². The molecule has 0 aliphatic carbocycles. The first-order valence-electron chi connectivity index (χ1n) is 10.3. The Morgan fingerprint density at radius 2 is 1.86 bits per heavy atom. The largest absolute Gasteiger partial charge is 0.494 e. The van der Waals surface area contributed by atoms with E-state index in [0.29, 0.717) is 13.0 Å². The molecule has 5 nitrogen and oxygen atoms in total. The van der Waals surface area contributed by atoms with E-state index < -0.39 is 0 Å². The lowest BCUT2D eigenvalue weighted by molar-refractivity contribution is 0.257. The molecule has 0 saturated carbocycles. The molecule has 2 aromatic carbocycles. The second kappa shape index (κ2) is 11.4. The molecule has 0 aromatic heterocycles. The maximum absolute atomic E-state index is 13.1. The number of nitrogens with zero attached hydrogens (tertiary/aromatic N) is 3. The third-order valence-electron chi connectivity index (χ3n) is 5.10. The first kappa shape index (κ1) is 21.1. The van der Waals surface area contributed by atoms with E-state index >= 15 is 0 Å². The summed E-state index contributed by atoms with van der Waals surface area (Å²) in [6, 6.07) is 17.0. The Labute approximate surface area is 172 Å². The molecule has 1 fully saturated rings. The molecule has 1 saturated heterocycles. The number of hydrogen-bond acceptors (Lipinski definition) is 5. The fourth-order valence-corrected chi connectivity index (χ4v) is 3.44. The van der Waals surface area contributed by atoms with Crippen molar-refractivity contribution in [3.05, 3.63) is 59.9 Å². The van der Waals surface area contributed by atoms with E-state index in [0.717, 1.165) is 63.7 Å². The van der Waals surface area contributed by atoms with Gasteiger partial charge in [0.15, 0.2) is 0 Å². The Morgan fingerprint density at radius 1 is 1.07 bits per heavy atom. The number of halogens is 1. The molecule has 1 aliphatic rings. The Hall–Kier alpha value is -2.62. The minimum Gasteiger partial charge on any atom is -0.494 e. The first-order valence-corrected chi connectivity index (χ1v) is 10.3. The Bertz CT molecular complexity index is 782. The number of benzene rings is 2. The van der Waals surface area contributed by atoms with E-state index in [1.807, 2.05) is 24.3 Å². The molecule has 1 N–H and O–H groups in total. The highest BCUT2D eigenvalue weighted by Crippen LogP contribution is 2.17. The van der Waals surface area contributed by atoms with Crippen LogP contribution in [0, 0.1) is 17.1 Å². The molecule has 0 spiro atoms. The topological polar surface area (TPSA) is 51.5 Å². The van der Waals surface area contributed by atoms with Gasteiger partial charge < -0.3 is 15.0 Å². The Kier molecular flexibility index (Phi) is 8.29. The highest BCUT2D eigenvalue weighted by molar-refractivity contribution is 5.46. The van der Waals surface area contributed by atoms with Gasteiger partial charge in [-0.1, -0.05) is 12.1 Å². The SMILES string of the molecule is N#CCCCOc1cccc(CNCCN2CCN(c3ccc(F)cc3)CC2)c1. The standard InChI is InChI=1S/C23H29FN4O/c24-21-6-8-22(9-7-21)28-15-13-27(14-16-28)12-11-26-19-20-4-3-5-23(18-20)29-17-2-1-10-25/h3-9,18,26H,1-2,11-17,19H2. The van der Waals surface area contributed by atoms with Crippen molar-refractivity contribution in [3.63, 3.8) is 0 Å². The van der Waals surface area contributed by atoms with Gasteiger partial charge in [-0.05, 0) is 48.4 Å². The van der Waals surface area contributed by atoms with Crippen LogP contribution in [0.3, 0.4) is 0 Å². The van der Waals surface area contributed by atoms with Crippen LogP contribution in [0.25, 0.3) is 0 Å². The number of ether oxygens (including phenoxy) is 1. The zero-order valence-corrected chi connectivity index (χ0v) is 16.8. The summed E-state index contributed by atoms with van der Waals surface area (Å²) in [6.07, 6.45) is 1.28. The summed E-state index contributed by atoms with van der Waals surface area (Å²) in [5.74, 6) is 0.675. The molecule has 1 heterocycles. The molecule has 2 aromatic rings. The summed E-state index contributed by atoms with van der Waals surface area (Å²) in [5, 5.41) is 12.1. The number of nitrogens with one attached hydrogen (secondary N) is 1. The highest BCUT2D eigenvalue weighted by atomic mass is 19.1. The molecule has 6 heteroatoms. The van der Waals surface area contributed by atoms with Crippen LogP contribution in [0.15, 0.2) is 48.5 Å². The van der Waals surface area contributed by atoms with Crippen LogP contribution in [0.1, 0.15) is 18.4 Å². The summed E-state index contributed by atoms with van der Waals surface area (Å²) in [4.78, 5) is 4.77. The predicted octanol–water partition coefficient (Wildman–Crippen LogP) is 3.42. The number of unbranched alkanes of at least 4 members (excludes halogenated alkanes) is 1. The smallest absolute Gasteiger partial charge is 0.123 e. The highest BCUT2D eigenvalue weighted by Gasteiger charge is 2.16. The van der Waals surface area contributed by atoms with Crippen molar-refractivity contribution in [1.29, 1.82) is 5.26 Å². The Morgan fingerprint density at radius 3 is 2.62 bits per heavy atom. The Balaban J connectivity index is 1.32. The zero-order valence-electron chi connectivity index (χ0n) is 16.8. The summed E-state index contributed by atoms with van der Waals surface area (Å²) < 4.78 is 18.8. The molecule has 0 radical (unpaired) electrons. The molecule has 1 aliphatic heterocycles. The molecule has 154 valence electrons. The fourth-order valence-electron chi connectivity index (χ4n) is 3.44. The van der Waals surface area contributed by atoms with Crippen LogP contribution in [0.4, 0.5) is 10.1 Å². The lowest BCUT2D eigenvalue weighted by atomic mass is 10.2. The van der Waals surface area contributed by atoms with E-state index in [1.54, 1.807) is 0 Å². The first-order chi connectivity index (χ1) is 14.2. The van der Waals surface area contributed by atoms with Crippen LogP contribution in [0.2, 0.25) is 0 Å². The van der Waals surface area contributed by atoms with E-state index in [1.165, 1.54) is 17.7 Å². The quantitative estimate of drug-likeness (QED) is 0.624. The third-order valence-corrected chi connectivity index (χ3v) is 5.10. The molecule has 0 amide bonds. The van der Waals surface area contributed by atoms with Gasteiger partial charge in [-0.25, -0.2) is 4.39 Å². The predicted molar refractivity (Wildman–Crippen MR) is 114 cm³/mol. The van der Waals surface area contributed by atoms with Gasteiger partial charge in [0.05, 0.1) is 12.7 Å². The van der Waals surface area contributed by atoms with Gasteiger partial charge in [0, 0.05) is 57.9 Å². The lowest BCUT2D eigenvalue weighted by Crippen LogP contribution is -2.48. The number of anilines is 1. The van der Waals surface area contributed by atoms with Gasteiger partial charge in [0.25, 0.3) is 0 Å². The minimum absolute atomic E-state index is 0.186. The van der Waals surface area contributed by atoms with Crippen molar-refractivity contribution in [2.45, 2.75) is 19.4 Å². The normalized spacial score (nSPS) is 14.6. The van der Waals surface area contributed by atoms with E-state index in [9.17, 15) is 4.39 Å². The van der Waals surface area contributed by atoms with Crippen molar-refractivity contribution in [1.82, 2.24) is 10.2 Å². The van der Waals surface area contributed by atoms with E-state index in [-0.39, 0.29) is 5.82 Å². The molecule has 0 atom stereocenters. The van der Waals surface area contributed by atoms with E-state index in [4.69, 9.17) is 10.00 Å². The minimum atomic E-state index is -0.186. The van der Waals surface area contributed by atoms with Crippen LogP contribution in [-0.4, -0.2) is 50.8 Å². The van der Waals surface area contributed by atoms with E-state index in [2.05, 4.69) is 33.3 Å². The molecule has 0 unspecified atom stereocenters. The number of hydrogen-bond donors (Lipinski definition) is 1. The molecule has 3 rings (SSSR count). The van der Waals surface area contributed by atoms with Crippen molar-refractivity contribution < 1.29 is 9.13 Å². The molecule has 0 bridgehead atoms. The van der Waals surface area contributed by atoms with Crippen LogP contribution >= 0.6 is 0 Å². The van der Waals surface area contributed by atoms with Crippen LogP contribution in [0.5, 0.6) is 5.75 Å². The van der Waals surface area contributed by atoms with Gasteiger partial charge in [-0.3, -0.25) is 4.90 Å². The number of rotatable bonds is 10. The second-order valence-electron chi connectivity index (χ2n) is 7.24. The van der Waals surface area contributed by atoms with Crippen LogP contribution in [-0.2, 0) is 6.54 Å². The molecular formula is C23H29FN4O. The maximum atomic E-state index is 13.1. The van der Waals surface area contributed by atoms with Crippen LogP contribution < -0.4 is 15.0 Å². The summed E-state index contributed by atoms with van der Waals surface area (Å²) in [7, 11) is 0. The van der Waals surface area contributed by atoms with Gasteiger partial charge >= 0.3 is 0 Å². The summed E-state index contributed by atoms with van der Waals surface area (Å²) >= 11 is 0. The van der Waals surface area contributed by atoms with Crippen molar-refractivity contribution in [2.75, 3.05) is 50.8 Å².